The Morgan fingerprint density at radius 2 is 2.03 bits per heavy atom. The average molecular weight is 494 g/mol. The van der Waals surface area contributed by atoms with Crippen LogP contribution in [0.2, 0.25) is 5.02 Å². The molecule has 2 heterocycles. The van der Waals surface area contributed by atoms with Gasteiger partial charge in [0.1, 0.15) is 6.04 Å². The fraction of sp³-hybridized carbons (Fsp3) is 0.280. The molecule has 4 rings (SSSR count). The molecule has 10 heteroatoms. The number of nitrogens with zero attached hydrogens (tertiary/aromatic N) is 1. The summed E-state index contributed by atoms with van der Waals surface area (Å²) >= 11 is 6.25. The Bertz CT molecular complexity index is 1270. The lowest BCUT2D eigenvalue weighted by atomic mass is 10.0. The number of carbonyl (C=O) groups excluding carboxylic acids is 4. The third-order valence-corrected chi connectivity index (χ3v) is 6.07. The number of anilines is 1. The molecule has 4 N–H and O–H groups in total. The standard InChI is InChI=1S/C25H24ClN5O4/c1-27-10-2-3-16-5-6-18(12-20(16)26)29-25(35)28-13-15-4-7-19-17(11-15)14-31(24(19)34)21-8-9-22(32)30-23(21)33/h4-7,11-12,21,27H,8-10,13-14H2,1H3,(H2,28,29,35)(H,30,32,33). The molecule has 1 unspecified atom stereocenters. The Balaban J connectivity index is 1.34. The highest BCUT2D eigenvalue weighted by Gasteiger charge is 2.39. The highest BCUT2D eigenvalue weighted by atomic mass is 35.5. The molecule has 2 aromatic carbocycles. The molecule has 1 atom stereocenters. The number of hydrogen-bond acceptors (Lipinski definition) is 5. The van der Waals surface area contributed by atoms with Gasteiger partial charge in [0, 0.05) is 36.3 Å². The quantitative estimate of drug-likeness (QED) is 0.375. The van der Waals surface area contributed by atoms with E-state index in [1.165, 1.54) is 4.90 Å². The molecule has 0 radical (unpaired) electrons. The van der Waals surface area contributed by atoms with Crippen LogP contribution in [-0.2, 0) is 22.7 Å². The van der Waals surface area contributed by atoms with Crippen LogP contribution in [0.1, 0.15) is 39.9 Å². The minimum atomic E-state index is -0.660. The number of benzene rings is 2. The van der Waals surface area contributed by atoms with Gasteiger partial charge in [-0.1, -0.05) is 35.6 Å². The monoisotopic (exact) mass is 493 g/mol. The van der Waals surface area contributed by atoms with Gasteiger partial charge in [-0.3, -0.25) is 19.7 Å². The molecule has 35 heavy (non-hydrogen) atoms. The van der Waals surface area contributed by atoms with Crippen LogP contribution in [0, 0.1) is 11.8 Å². The van der Waals surface area contributed by atoms with Crippen molar-refractivity contribution in [3.63, 3.8) is 0 Å². The van der Waals surface area contributed by atoms with Crippen LogP contribution in [0.5, 0.6) is 0 Å². The molecule has 2 aliphatic heterocycles. The molecule has 0 aliphatic carbocycles. The number of urea groups is 1. The van der Waals surface area contributed by atoms with Crippen LogP contribution < -0.4 is 21.3 Å². The molecule has 0 bridgehead atoms. The first-order chi connectivity index (χ1) is 16.9. The minimum Gasteiger partial charge on any atom is -0.334 e. The van der Waals surface area contributed by atoms with E-state index in [-0.39, 0.29) is 31.3 Å². The van der Waals surface area contributed by atoms with Gasteiger partial charge in [0.25, 0.3) is 5.91 Å². The van der Waals surface area contributed by atoms with Gasteiger partial charge < -0.3 is 20.9 Å². The molecular weight excluding hydrogens is 470 g/mol. The molecule has 0 spiro atoms. The minimum absolute atomic E-state index is 0.207. The van der Waals surface area contributed by atoms with Crippen molar-refractivity contribution in [1.29, 1.82) is 0 Å². The number of nitrogens with one attached hydrogen (secondary N) is 4. The third kappa shape index (κ3) is 5.62. The van der Waals surface area contributed by atoms with Crippen LogP contribution in [0.25, 0.3) is 0 Å². The van der Waals surface area contributed by atoms with E-state index >= 15 is 0 Å². The lowest BCUT2D eigenvalue weighted by Crippen LogP contribution is -2.52. The van der Waals surface area contributed by atoms with Gasteiger partial charge in [-0.05, 0) is 48.9 Å². The van der Waals surface area contributed by atoms with Crippen LogP contribution in [-0.4, -0.2) is 48.3 Å². The normalized spacial score (nSPS) is 16.8. The summed E-state index contributed by atoms with van der Waals surface area (Å²) in [6.45, 7) is 1.07. The largest absolute Gasteiger partial charge is 0.334 e. The zero-order valence-electron chi connectivity index (χ0n) is 19.0. The number of carbonyl (C=O) groups is 4. The van der Waals surface area contributed by atoms with Gasteiger partial charge in [-0.25, -0.2) is 4.79 Å². The molecule has 1 saturated heterocycles. The molecular formula is C25H24ClN5O4. The predicted molar refractivity (Wildman–Crippen MR) is 131 cm³/mol. The Hall–Kier alpha value is -3.87. The van der Waals surface area contributed by atoms with Crippen molar-refractivity contribution in [1.82, 2.24) is 20.9 Å². The van der Waals surface area contributed by atoms with E-state index in [1.807, 2.05) is 6.07 Å². The summed E-state index contributed by atoms with van der Waals surface area (Å²) in [7, 11) is 1.81. The average Bonchev–Trinajstić information content (AvgIpc) is 3.15. The zero-order valence-corrected chi connectivity index (χ0v) is 19.8. The maximum atomic E-state index is 12.8. The van der Waals surface area contributed by atoms with E-state index in [2.05, 4.69) is 33.1 Å². The van der Waals surface area contributed by atoms with Crippen molar-refractivity contribution < 1.29 is 19.2 Å². The molecule has 9 nitrogen and oxygen atoms in total. The Labute approximate surface area is 207 Å². The predicted octanol–water partition coefficient (Wildman–Crippen LogP) is 1.99. The first-order valence-corrected chi connectivity index (χ1v) is 11.5. The second-order valence-electron chi connectivity index (χ2n) is 8.23. The summed E-state index contributed by atoms with van der Waals surface area (Å²) in [5.74, 6) is 4.89. The summed E-state index contributed by atoms with van der Waals surface area (Å²) in [5, 5.41) is 11.2. The summed E-state index contributed by atoms with van der Waals surface area (Å²) in [4.78, 5) is 50.2. The molecule has 1 fully saturated rings. The van der Waals surface area contributed by atoms with Gasteiger partial charge in [0.2, 0.25) is 11.8 Å². The maximum Gasteiger partial charge on any atom is 0.319 e. The Morgan fingerprint density at radius 1 is 1.20 bits per heavy atom. The van der Waals surface area contributed by atoms with Gasteiger partial charge in [0.05, 0.1) is 11.6 Å². The van der Waals surface area contributed by atoms with Crippen LogP contribution >= 0.6 is 11.6 Å². The van der Waals surface area contributed by atoms with Crippen molar-refractivity contribution in [3.8, 4) is 11.8 Å². The Kier molecular flexibility index (Phi) is 7.34. The first-order valence-electron chi connectivity index (χ1n) is 11.1. The second kappa shape index (κ2) is 10.6. The van der Waals surface area contributed by atoms with Crippen molar-refractivity contribution in [2.24, 2.45) is 0 Å². The smallest absolute Gasteiger partial charge is 0.319 e. The Morgan fingerprint density at radius 3 is 2.77 bits per heavy atom. The number of fused-ring (bicyclic) bond motifs is 1. The van der Waals surface area contributed by atoms with Crippen molar-refractivity contribution in [2.75, 3.05) is 18.9 Å². The van der Waals surface area contributed by atoms with E-state index in [0.717, 1.165) is 11.1 Å². The SMILES string of the molecule is CNCC#Cc1ccc(NC(=O)NCc2ccc3c(c2)CN(C2CCC(=O)NC2=O)C3=O)cc1Cl. The molecule has 2 aromatic rings. The number of amides is 5. The molecule has 0 aromatic heterocycles. The van der Waals surface area contributed by atoms with Crippen molar-refractivity contribution in [2.45, 2.75) is 32.0 Å². The van der Waals surface area contributed by atoms with E-state index in [1.54, 1.807) is 37.4 Å². The van der Waals surface area contributed by atoms with Gasteiger partial charge in [-0.2, -0.15) is 0 Å². The molecule has 5 amide bonds. The molecule has 2 aliphatic rings. The van der Waals surface area contributed by atoms with E-state index in [4.69, 9.17) is 11.6 Å². The van der Waals surface area contributed by atoms with E-state index < -0.39 is 18.0 Å². The number of hydrogen-bond donors (Lipinski definition) is 4. The van der Waals surface area contributed by atoms with Crippen LogP contribution in [0.4, 0.5) is 10.5 Å². The highest BCUT2D eigenvalue weighted by Crippen LogP contribution is 2.28. The number of imide groups is 1. The molecule has 0 saturated carbocycles. The topological polar surface area (TPSA) is 120 Å². The van der Waals surface area contributed by atoms with Crippen LogP contribution in [0.15, 0.2) is 36.4 Å². The van der Waals surface area contributed by atoms with E-state index in [9.17, 15) is 19.2 Å². The molecule has 180 valence electrons. The zero-order chi connectivity index (χ0) is 24.9. The highest BCUT2D eigenvalue weighted by molar-refractivity contribution is 6.32. The van der Waals surface area contributed by atoms with Gasteiger partial charge in [-0.15, -0.1) is 0 Å². The third-order valence-electron chi connectivity index (χ3n) is 5.76. The van der Waals surface area contributed by atoms with Gasteiger partial charge in [0.15, 0.2) is 0 Å². The summed E-state index contributed by atoms with van der Waals surface area (Å²) in [6.07, 6.45) is 0.519. The number of piperidine rings is 1. The van der Waals surface area contributed by atoms with Crippen LogP contribution in [0.3, 0.4) is 0 Å². The van der Waals surface area contributed by atoms with Gasteiger partial charge >= 0.3 is 6.03 Å². The van der Waals surface area contributed by atoms with E-state index in [0.29, 0.717) is 34.8 Å². The fourth-order valence-corrected chi connectivity index (χ4v) is 4.25. The summed E-state index contributed by atoms with van der Waals surface area (Å²) < 4.78 is 0. The number of rotatable bonds is 5. The maximum absolute atomic E-state index is 12.8. The van der Waals surface area contributed by atoms with Crippen molar-refractivity contribution >= 4 is 41.0 Å². The lowest BCUT2D eigenvalue weighted by molar-refractivity contribution is -0.136. The first kappa shape index (κ1) is 24.3. The second-order valence-corrected chi connectivity index (χ2v) is 8.63. The number of halogens is 1. The summed E-state index contributed by atoms with van der Waals surface area (Å²) in [5.41, 5.74) is 3.32. The summed E-state index contributed by atoms with van der Waals surface area (Å²) in [6, 6.07) is 9.34. The lowest BCUT2D eigenvalue weighted by Gasteiger charge is -2.29. The fourth-order valence-electron chi connectivity index (χ4n) is 4.02. The van der Waals surface area contributed by atoms with Crippen molar-refractivity contribution in [3.05, 3.63) is 63.7 Å².